The van der Waals surface area contributed by atoms with Crippen LogP contribution in [0, 0.1) is 6.92 Å². The second kappa shape index (κ2) is 4.91. The van der Waals surface area contributed by atoms with Gasteiger partial charge in [0.15, 0.2) is 5.58 Å². The molecule has 1 aromatic carbocycles. The lowest BCUT2D eigenvalue weighted by atomic mass is 10.1. The molecule has 0 radical (unpaired) electrons. The highest BCUT2D eigenvalue weighted by atomic mass is 16.6. The molecule has 0 aliphatic rings. The van der Waals surface area contributed by atoms with E-state index < -0.39 is 11.7 Å². The summed E-state index contributed by atoms with van der Waals surface area (Å²) in [6, 6.07) is 5.81. The van der Waals surface area contributed by atoms with Crippen molar-refractivity contribution >= 4 is 17.1 Å². The Kier molecular flexibility index (Phi) is 3.46. The number of benzene rings is 1. The first-order valence-electron chi connectivity index (χ1n) is 6.17. The number of alkyl carbamates (subject to hydrolysis) is 1. The van der Waals surface area contributed by atoms with E-state index in [0.717, 1.165) is 10.9 Å². The number of carbonyl (C=O) groups is 1. The minimum Gasteiger partial charge on any atom is -0.444 e. The normalized spacial score (nSPS) is 11.6. The molecule has 0 spiro atoms. The maximum Gasteiger partial charge on any atom is 0.407 e. The van der Waals surface area contributed by atoms with Gasteiger partial charge in [-0.2, -0.15) is 0 Å². The summed E-state index contributed by atoms with van der Waals surface area (Å²) in [5.74, 6) is 0. The molecule has 0 fully saturated rings. The minimum absolute atomic E-state index is 0.283. The number of nitrogens with zero attached hydrogens (tertiary/aromatic N) is 1. The molecular weight excluding hydrogens is 244 g/mol. The van der Waals surface area contributed by atoms with Crippen LogP contribution >= 0.6 is 0 Å². The van der Waals surface area contributed by atoms with Crippen molar-refractivity contribution < 1.29 is 14.1 Å². The lowest BCUT2D eigenvalue weighted by Gasteiger charge is -2.19. The molecule has 5 nitrogen and oxygen atoms in total. The number of hydrogen-bond donors (Lipinski definition) is 1. The molecule has 0 saturated carbocycles. The quantitative estimate of drug-likeness (QED) is 0.902. The zero-order valence-corrected chi connectivity index (χ0v) is 11.6. The topological polar surface area (TPSA) is 64.4 Å². The first kappa shape index (κ1) is 13.4. The highest BCUT2D eigenvalue weighted by molar-refractivity contribution is 5.80. The van der Waals surface area contributed by atoms with Gasteiger partial charge in [-0.15, -0.1) is 0 Å². The zero-order valence-electron chi connectivity index (χ0n) is 11.6. The molecule has 0 aliphatic heterocycles. The number of hydrogen-bond acceptors (Lipinski definition) is 4. The number of aromatic nitrogens is 1. The Bertz CT molecular complexity index is 596. The maximum absolute atomic E-state index is 11.6. The second-order valence-electron chi connectivity index (χ2n) is 5.48. The molecule has 0 bridgehead atoms. The number of nitrogens with one attached hydrogen (secondary N) is 1. The summed E-state index contributed by atoms with van der Waals surface area (Å²) in [5, 5.41) is 7.54. The highest BCUT2D eigenvalue weighted by Gasteiger charge is 2.16. The summed E-state index contributed by atoms with van der Waals surface area (Å²) >= 11 is 0. The number of fused-ring (bicyclic) bond motifs is 1. The van der Waals surface area contributed by atoms with Crippen LogP contribution in [0.3, 0.4) is 0 Å². The molecule has 0 saturated heterocycles. The van der Waals surface area contributed by atoms with Gasteiger partial charge >= 0.3 is 6.09 Å². The Balaban J connectivity index is 2.06. The molecule has 102 valence electrons. The Morgan fingerprint density at radius 2 is 2.16 bits per heavy atom. The monoisotopic (exact) mass is 262 g/mol. The maximum atomic E-state index is 11.6. The first-order valence-corrected chi connectivity index (χ1v) is 6.17. The number of carbonyl (C=O) groups excluding carboxylic acids is 1. The standard InChI is InChI=1S/C14H18N2O3/c1-9-5-6-12-10(7-9)11(16-19-12)8-15-13(17)18-14(2,3)4/h5-7H,8H2,1-4H3,(H,15,17). The van der Waals surface area contributed by atoms with E-state index in [0.29, 0.717) is 11.3 Å². The Morgan fingerprint density at radius 3 is 2.84 bits per heavy atom. The van der Waals surface area contributed by atoms with Crippen LogP contribution in [0.15, 0.2) is 22.7 Å². The van der Waals surface area contributed by atoms with Crippen molar-refractivity contribution in [3.63, 3.8) is 0 Å². The van der Waals surface area contributed by atoms with Crippen LogP contribution in [-0.2, 0) is 11.3 Å². The van der Waals surface area contributed by atoms with Crippen molar-refractivity contribution in [2.24, 2.45) is 0 Å². The van der Waals surface area contributed by atoms with E-state index in [-0.39, 0.29) is 6.54 Å². The average molecular weight is 262 g/mol. The van der Waals surface area contributed by atoms with Crippen LogP contribution < -0.4 is 5.32 Å². The van der Waals surface area contributed by atoms with E-state index in [1.54, 1.807) is 0 Å². The summed E-state index contributed by atoms with van der Waals surface area (Å²) in [5.41, 5.74) is 2.03. The van der Waals surface area contributed by atoms with Crippen LogP contribution in [-0.4, -0.2) is 16.9 Å². The van der Waals surface area contributed by atoms with Gasteiger partial charge in [0.05, 0.1) is 6.54 Å². The molecule has 5 heteroatoms. The van der Waals surface area contributed by atoms with E-state index >= 15 is 0 Å². The van der Waals surface area contributed by atoms with Gasteiger partial charge in [-0.3, -0.25) is 0 Å². The van der Waals surface area contributed by atoms with E-state index in [4.69, 9.17) is 9.26 Å². The van der Waals surface area contributed by atoms with Crippen molar-refractivity contribution in [3.05, 3.63) is 29.5 Å². The van der Waals surface area contributed by atoms with Gasteiger partial charge in [-0.1, -0.05) is 16.8 Å². The molecule has 19 heavy (non-hydrogen) atoms. The van der Waals surface area contributed by atoms with Crippen molar-refractivity contribution in [2.45, 2.75) is 39.8 Å². The summed E-state index contributed by atoms with van der Waals surface area (Å²) in [6.07, 6.45) is -0.462. The molecule has 0 aliphatic carbocycles. The lowest BCUT2D eigenvalue weighted by molar-refractivity contribution is 0.0523. The fourth-order valence-corrected chi connectivity index (χ4v) is 1.70. The van der Waals surface area contributed by atoms with Crippen LogP contribution in [0.4, 0.5) is 4.79 Å². The third kappa shape index (κ3) is 3.47. The van der Waals surface area contributed by atoms with Crippen LogP contribution in [0.1, 0.15) is 32.0 Å². The van der Waals surface area contributed by atoms with Gasteiger partial charge in [0, 0.05) is 5.39 Å². The number of amides is 1. The average Bonchev–Trinajstić information content (AvgIpc) is 2.66. The molecule has 0 atom stereocenters. The van der Waals surface area contributed by atoms with Gasteiger partial charge < -0.3 is 14.6 Å². The Labute approximate surface area is 111 Å². The van der Waals surface area contributed by atoms with Crippen LogP contribution in [0.25, 0.3) is 11.0 Å². The number of aryl methyl sites for hydroxylation is 1. The SMILES string of the molecule is Cc1ccc2onc(CNC(=O)OC(C)(C)C)c2c1. The van der Waals surface area contributed by atoms with Crippen LogP contribution in [0.2, 0.25) is 0 Å². The fraction of sp³-hybridized carbons (Fsp3) is 0.429. The molecule has 2 rings (SSSR count). The van der Waals surface area contributed by atoms with E-state index in [9.17, 15) is 4.79 Å². The molecule has 1 heterocycles. The molecule has 1 amide bonds. The fourth-order valence-electron chi connectivity index (χ4n) is 1.70. The molecule has 0 unspecified atom stereocenters. The van der Waals surface area contributed by atoms with Gasteiger partial charge in [0.25, 0.3) is 0 Å². The van der Waals surface area contributed by atoms with Crippen molar-refractivity contribution in [1.82, 2.24) is 10.5 Å². The Morgan fingerprint density at radius 1 is 1.42 bits per heavy atom. The van der Waals surface area contributed by atoms with Gasteiger partial charge in [-0.05, 0) is 39.8 Å². The number of rotatable bonds is 2. The zero-order chi connectivity index (χ0) is 14.0. The smallest absolute Gasteiger partial charge is 0.407 e. The summed E-state index contributed by atoms with van der Waals surface area (Å²) < 4.78 is 10.4. The van der Waals surface area contributed by atoms with E-state index in [1.807, 2.05) is 45.9 Å². The summed E-state index contributed by atoms with van der Waals surface area (Å²) in [7, 11) is 0. The highest BCUT2D eigenvalue weighted by Crippen LogP contribution is 2.19. The van der Waals surface area contributed by atoms with E-state index in [1.165, 1.54) is 0 Å². The van der Waals surface area contributed by atoms with Gasteiger partial charge in [0.2, 0.25) is 0 Å². The Hall–Kier alpha value is -2.04. The number of ether oxygens (including phenoxy) is 1. The largest absolute Gasteiger partial charge is 0.444 e. The summed E-state index contributed by atoms with van der Waals surface area (Å²) in [4.78, 5) is 11.6. The van der Waals surface area contributed by atoms with Crippen molar-refractivity contribution in [2.75, 3.05) is 0 Å². The second-order valence-corrected chi connectivity index (χ2v) is 5.48. The predicted octanol–water partition coefficient (Wildman–Crippen LogP) is 3.16. The lowest BCUT2D eigenvalue weighted by Crippen LogP contribution is -2.32. The van der Waals surface area contributed by atoms with E-state index in [2.05, 4.69) is 10.5 Å². The first-order chi connectivity index (χ1) is 8.85. The third-order valence-electron chi connectivity index (χ3n) is 2.50. The van der Waals surface area contributed by atoms with Crippen molar-refractivity contribution in [3.8, 4) is 0 Å². The third-order valence-corrected chi connectivity index (χ3v) is 2.50. The van der Waals surface area contributed by atoms with Crippen LogP contribution in [0.5, 0.6) is 0 Å². The molecule has 1 aromatic heterocycles. The van der Waals surface area contributed by atoms with Crippen molar-refractivity contribution in [1.29, 1.82) is 0 Å². The minimum atomic E-state index is -0.507. The van der Waals surface area contributed by atoms with Gasteiger partial charge in [-0.25, -0.2) is 4.79 Å². The molecular formula is C14H18N2O3. The molecule has 2 aromatic rings. The van der Waals surface area contributed by atoms with Gasteiger partial charge in [0.1, 0.15) is 11.3 Å². The predicted molar refractivity (Wildman–Crippen MR) is 71.8 cm³/mol. The molecule has 1 N–H and O–H groups in total. The summed E-state index contributed by atoms with van der Waals surface area (Å²) in [6.45, 7) is 7.74.